The maximum atomic E-state index is 11.6. The first kappa shape index (κ1) is 23.0. The molecular formula is C12H21ClF2N2O5. The number of amides is 2. The number of nitrogens with one attached hydrogen (secondary N) is 1. The first-order valence-electron chi connectivity index (χ1n) is 6.19. The van der Waals surface area contributed by atoms with Crippen molar-refractivity contribution in [1.82, 2.24) is 10.2 Å². The summed E-state index contributed by atoms with van der Waals surface area (Å²) in [5.41, 5.74) is 0. The molecule has 1 saturated heterocycles. The maximum Gasteiger partial charge on any atom is 0.323 e. The van der Waals surface area contributed by atoms with Crippen LogP contribution >= 0.6 is 11.6 Å². The minimum Gasteiger partial charge on any atom is -0.400 e. The molecule has 0 aromatic carbocycles. The standard InChI is InChI=1S/C10H15ClN2O4.CH2F2.CH4O/c1-12-10(16)13(4-7(11)5-14)9-3-2-8(6-15)17-9;2-1-3;1-2/h4-5,8-9,15H,2-3,6H2,1H3,(H,12,16);1H2;2H,1H3/b7-4+;;. The summed E-state index contributed by atoms with van der Waals surface area (Å²) in [6.07, 6.45) is 2.10. The summed E-state index contributed by atoms with van der Waals surface area (Å²) in [5.74, 6) is 0. The van der Waals surface area contributed by atoms with Crippen LogP contribution in [0.1, 0.15) is 12.8 Å². The Morgan fingerprint density at radius 2 is 2.00 bits per heavy atom. The van der Waals surface area contributed by atoms with Crippen LogP contribution in [0.25, 0.3) is 0 Å². The van der Waals surface area contributed by atoms with E-state index >= 15 is 0 Å². The molecule has 0 aromatic rings. The Kier molecular flexibility index (Phi) is 15.3. The van der Waals surface area contributed by atoms with E-state index in [0.717, 1.165) is 7.11 Å². The van der Waals surface area contributed by atoms with Gasteiger partial charge >= 0.3 is 6.03 Å². The van der Waals surface area contributed by atoms with E-state index in [9.17, 15) is 18.4 Å². The van der Waals surface area contributed by atoms with Crippen molar-refractivity contribution < 1.29 is 33.3 Å². The van der Waals surface area contributed by atoms with E-state index in [-0.39, 0.29) is 17.7 Å². The highest BCUT2D eigenvalue weighted by atomic mass is 35.5. The lowest BCUT2D eigenvalue weighted by Crippen LogP contribution is -2.42. The Balaban J connectivity index is 0. The van der Waals surface area contributed by atoms with Crippen molar-refractivity contribution in [2.45, 2.75) is 25.2 Å². The van der Waals surface area contributed by atoms with Crippen LogP contribution in [-0.4, -0.2) is 67.5 Å². The van der Waals surface area contributed by atoms with E-state index in [1.165, 1.54) is 18.1 Å². The molecule has 0 aromatic heterocycles. The molecule has 0 aliphatic carbocycles. The molecule has 22 heavy (non-hydrogen) atoms. The number of nitrogens with zero attached hydrogens (tertiary/aromatic N) is 1. The predicted molar refractivity (Wildman–Crippen MR) is 76.5 cm³/mol. The van der Waals surface area contributed by atoms with E-state index in [1.54, 1.807) is 0 Å². The van der Waals surface area contributed by atoms with E-state index in [4.69, 9.17) is 26.6 Å². The summed E-state index contributed by atoms with van der Waals surface area (Å²) >= 11 is 5.58. The largest absolute Gasteiger partial charge is 0.400 e. The second kappa shape index (κ2) is 14.6. The van der Waals surface area contributed by atoms with Gasteiger partial charge < -0.3 is 20.3 Å². The Hall–Kier alpha value is -1.29. The number of halogens is 3. The number of aliphatic hydroxyl groups excluding tert-OH is 2. The number of hydrogen-bond donors (Lipinski definition) is 3. The molecule has 2 unspecified atom stereocenters. The SMILES string of the molecule is CNC(=O)N(/C=C(/Cl)C=O)C1CCC(CO)O1.CO.FCF. The third-order valence-corrected chi connectivity index (χ3v) is 2.61. The lowest BCUT2D eigenvalue weighted by molar-refractivity contribution is -0.104. The molecule has 3 N–H and O–H groups in total. The van der Waals surface area contributed by atoms with E-state index in [1.807, 2.05) is 0 Å². The Morgan fingerprint density at radius 3 is 2.36 bits per heavy atom. The van der Waals surface area contributed by atoms with Crippen molar-refractivity contribution in [3.05, 3.63) is 11.2 Å². The number of aliphatic hydroxyl groups is 2. The molecule has 10 heteroatoms. The molecule has 2 atom stereocenters. The Morgan fingerprint density at radius 1 is 1.45 bits per heavy atom. The normalized spacial score (nSPS) is 20.0. The molecule has 2 amide bonds. The maximum absolute atomic E-state index is 11.6. The second-order valence-electron chi connectivity index (χ2n) is 3.67. The Labute approximate surface area is 132 Å². The van der Waals surface area contributed by atoms with Crippen molar-refractivity contribution in [1.29, 1.82) is 0 Å². The molecule has 1 fully saturated rings. The summed E-state index contributed by atoms with van der Waals surface area (Å²) in [6.45, 7) is -1.84. The molecular weight excluding hydrogens is 326 g/mol. The molecule has 1 aliphatic heterocycles. The van der Waals surface area contributed by atoms with Crippen molar-refractivity contribution in [3.63, 3.8) is 0 Å². The van der Waals surface area contributed by atoms with E-state index in [2.05, 4.69) is 5.32 Å². The first-order chi connectivity index (χ1) is 10.5. The van der Waals surface area contributed by atoms with Gasteiger partial charge in [-0.3, -0.25) is 9.69 Å². The lowest BCUT2D eigenvalue weighted by Gasteiger charge is -2.25. The van der Waals surface area contributed by atoms with Gasteiger partial charge in [-0.2, -0.15) is 0 Å². The van der Waals surface area contributed by atoms with Gasteiger partial charge in [-0.1, -0.05) is 11.6 Å². The third kappa shape index (κ3) is 8.88. The zero-order chi connectivity index (χ0) is 17.5. The minimum absolute atomic E-state index is 0.0929. The summed E-state index contributed by atoms with van der Waals surface area (Å²) in [4.78, 5) is 23.3. The lowest BCUT2D eigenvalue weighted by atomic mass is 10.2. The summed E-state index contributed by atoms with van der Waals surface area (Å²) in [5, 5.41) is 18.3. The molecule has 0 bridgehead atoms. The van der Waals surface area contributed by atoms with E-state index in [0.29, 0.717) is 19.1 Å². The number of carbonyl (C=O) groups excluding carboxylic acids is 2. The highest BCUT2D eigenvalue weighted by Crippen LogP contribution is 2.23. The molecule has 7 nitrogen and oxygen atoms in total. The fourth-order valence-electron chi connectivity index (χ4n) is 1.59. The molecule has 0 saturated carbocycles. The van der Waals surface area contributed by atoms with Gasteiger partial charge in [0, 0.05) is 20.4 Å². The molecule has 0 spiro atoms. The van der Waals surface area contributed by atoms with Gasteiger partial charge in [0.05, 0.1) is 17.7 Å². The van der Waals surface area contributed by atoms with Gasteiger partial charge in [0.25, 0.3) is 0 Å². The number of aldehydes is 1. The topological polar surface area (TPSA) is 99.1 Å². The zero-order valence-corrected chi connectivity index (χ0v) is 13.1. The smallest absolute Gasteiger partial charge is 0.323 e. The average Bonchev–Trinajstić information content (AvgIpc) is 3.03. The van der Waals surface area contributed by atoms with Crippen LogP contribution in [0.3, 0.4) is 0 Å². The molecule has 1 rings (SSSR count). The van der Waals surface area contributed by atoms with Gasteiger partial charge in [-0.25, -0.2) is 13.6 Å². The summed E-state index contributed by atoms with van der Waals surface area (Å²) in [7, 11) is 2.47. The average molecular weight is 347 g/mol. The highest BCUT2D eigenvalue weighted by Gasteiger charge is 2.31. The van der Waals surface area contributed by atoms with Crippen molar-refractivity contribution in [2.24, 2.45) is 0 Å². The van der Waals surface area contributed by atoms with E-state index < -0.39 is 19.2 Å². The second-order valence-corrected chi connectivity index (χ2v) is 4.10. The van der Waals surface area contributed by atoms with Gasteiger partial charge in [0.15, 0.2) is 6.29 Å². The minimum atomic E-state index is -1.75. The predicted octanol–water partition coefficient (Wildman–Crippen LogP) is 0.896. The van der Waals surface area contributed by atoms with Crippen molar-refractivity contribution >= 4 is 23.9 Å². The van der Waals surface area contributed by atoms with Crippen LogP contribution in [0.4, 0.5) is 13.6 Å². The fourth-order valence-corrected chi connectivity index (χ4v) is 1.70. The Bertz CT molecular complexity index is 347. The number of carbonyl (C=O) groups is 2. The molecule has 0 radical (unpaired) electrons. The highest BCUT2D eigenvalue weighted by molar-refractivity contribution is 6.38. The fraction of sp³-hybridized carbons (Fsp3) is 0.667. The zero-order valence-electron chi connectivity index (χ0n) is 12.3. The first-order valence-corrected chi connectivity index (χ1v) is 6.57. The molecule has 130 valence electrons. The van der Waals surface area contributed by atoms with Crippen molar-refractivity contribution in [2.75, 3.05) is 27.7 Å². The van der Waals surface area contributed by atoms with Gasteiger partial charge in [0.2, 0.25) is 6.93 Å². The van der Waals surface area contributed by atoms with Crippen LogP contribution in [0.2, 0.25) is 0 Å². The van der Waals surface area contributed by atoms with Gasteiger partial charge in [-0.15, -0.1) is 0 Å². The van der Waals surface area contributed by atoms with Crippen molar-refractivity contribution in [3.8, 4) is 0 Å². The molecule has 1 aliphatic rings. The van der Waals surface area contributed by atoms with Crippen LogP contribution in [-0.2, 0) is 9.53 Å². The number of alkyl halides is 2. The number of allylic oxidation sites excluding steroid dienone is 1. The van der Waals surface area contributed by atoms with Gasteiger partial charge in [0.1, 0.15) is 6.23 Å². The quantitative estimate of drug-likeness (QED) is 0.519. The van der Waals surface area contributed by atoms with Gasteiger partial charge in [-0.05, 0) is 12.8 Å². The number of urea groups is 1. The van der Waals surface area contributed by atoms with Crippen LogP contribution < -0.4 is 5.32 Å². The monoisotopic (exact) mass is 346 g/mol. The van der Waals surface area contributed by atoms with Crippen LogP contribution in [0.15, 0.2) is 11.2 Å². The number of rotatable bonds is 4. The molecule has 1 heterocycles. The summed E-state index contributed by atoms with van der Waals surface area (Å²) < 4.78 is 24.7. The number of ether oxygens (including phenoxy) is 1. The van der Waals surface area contributed by atoms with Crippen LogP contribution in [0.5, 0.6) is 0 Å². The van der Waals surface area contributed by atoms with Crippen LogP contribution in [0, 0.1) is 0 Å². The number of hydrogen-bond acceptors (Lipinski definition) is 5. The summed E-state index contributed by atoms with van der Waals surface area (Å²) in [6, 6.07) is -0.423. The third-order valence-electron chi connectivity index (χ3n) is 2.42.